The van der Waals surface area contributed by atoms with Crippen LogP contribution in [0.15, 0.2) is 23.1 Å². The highest BCUT2D eigenvalue weighted by Crippen LogP contribution is 2.30. The maximum absolute atomic E-state index is 12.4. The Morgan fingerprint density at radius 2 is 2.14 bits per heavy atom. The topological polar surface area (TPSA) is 118 Å². The van der Waals surface area contributed by atoms with Gasteiger partial charge in [0.15, 0.2) is 5.75 Å². The molecular weight excluding hydrogens is 300 g/mol. The summed E-state index contributed by atoms with van der Waals surface area (Å²) in [5, 5.41) is 20.1. The van der Waals surface area contributed by atoms with Crippen LogP contribution in [0.1, 0.15) is 12.8 Å². The SMILES string of the molecule is O=CC1CCCN(S(=O)(=O)c2ccc(O)c([N+](=O)[O-])c2)C1. The normalized spacial score (nSPS) is 20.1. The summed E-state index contributed by atoms with van der Waals surface area (Å²) in [6.07, 6.45) is 1.91. The highest BCUT2D eigenvalue weighted by atomic mass is 32.2. The second-order valence-electron chi connectivity index (χ2n) is 4.81. The van der Waals surface area contributed by atoms with E-state index in [0.717, 1.165) is 28.8 Å². The molecule has 0 bridgehead atoms. The summed E-state index contributed by atoms with van der Waals surface area (Å²) in [7, 11) is -3.92. The third-order valence-electron chi connectivity index (χ3n) is 3.39. The fourth-order valence-corrected chi connectivity index (χ4v) is 3.82. The zero-order valence-corrected chi connectivity index (χ0v) is 11.8. The number of aromatic hydroxyl groups is 1. The number of sulfonamides is 1. The van der Waals surface area contributed by atoms with Gasteiger partial charge < -0.3 is 9.90 Å². The van der Waals surface area contributed by atoms with Gasteiger partial charge in [-0.2, -0.15) is 4.31 Å². The highest BCUT2D eigenvalue weighted by Gasteiger charge is 2.31. The van der Waals surface area contributed by atoms with E-state index in [1.54, 1.807) is 0 Å². The number of phenols is 1. The van der Waals surface area contributed by atoms with Crippen molar-refractivity contribution in [2.75, 3.05) is 13.1 Å². The van der Waals surface area contributed by atoms with Crippen LogP contribution in [0, 0.1) is 16.0 Å². The first-order valence-electron chi connectivity index (χ1n) is 6.29. The Bertz CT molecular complexity index is 672. The second kappa shape index (κ2) is 5.78. The Balaban J connectivity index is 2.37. The molecule has 1 N–H and O–H groups in total. The largest absolute Gasteiger partial charge is 0.502 e. The van der Waals surface area contributed by atoms with Crippen LogP contribution < -0.4 is 0 Å². The second-order valence-corrected chi connectivity index (χ2v) is 6.75. The van der Waals surface area contributed by atoms with E-state index in [0.29, 0.717) is 12.8 Å². The molecule has 0 saturated carbocycles. The molecule has 1 atom stereocenters. The standard InChI is InChI=1S/C12H14N2O6S/c15-8-9-2-1-5-13(7-9)21(19,20)10-3-4-12(16)11(6-10)14(17)18/h3-4,6,8-9,16H,1-2,5,7H2. The molecule has 1 aromatic carbocycles. The maximum atomic E-state index is 12.4. The number of nitro benzene ring substituents is 1. The number of nitrogens with zero attached hydrogens (tertiary/aromatic N) is 2. The van der Waals surface area contributed by atoms with Gasteiger partial charge in [-0.25, -0.2) is 8.42 Å². The first-order valence-corrected chi connectivity index (χ1v) is 7.73. The lowest BCUT2D eigenvalue weighted by molar-refractivity contribution is -0.386. The van der Waals surface area contributed by atoms with Crippen LogP contribution >= 0.6 is 0 Å². The van der Waals surface area contributed by atoms with Crippen LogP contribution in [0.2, 0.25) is 0 Å². The van der Waals surface area contributed by atoms with E-state index < -0.39 is 26.4 Å². The summed E-state index contributed by atoms with van der Waals surface area (Å²) < 4.78 is 26.0. The third-order valence-corrected chi connectivity index (χ3v) is 5.26. The van der Waals surface area contributed by atoms with E-state index in [-0.39, 0.29) is 23.9 Å². The summed E-state index contributed by atoms with van der Waals surface area (Å²) in [4.78, 5) is 20.5. The molecule has 9 heteroatoms. The Morgan fingerprint density at radius 3 is 2.76 bits per heavy atom. The molecular formula is C12H14N2O6S. The van der Waals surface area contributed by atoms with E-state index in [4.69, 9.17) is 0 Å². The molecule has 1 aliphatic rings. The van der Waals surface area contributed by atoms with Crippen molar-refractivity contribution in [3.05, 3.63) is 28.3 Å². The Hall–Kier alpha value is -2.00. The van der Waals surface area contributed by atoms with Crippen LogP contribution in [0.3, 0.4) is 0 Å². The Labute approximate surface area is 121 Å². The number of carbonyl (C=O) groups is 1. The quantitative estimate of drug-likeness (QED) is 0.501. The fourth-order valence-electron chi connectivity index (χ4n) is 2.26. The monoisotopic (exact) mass is 314 g/mol. The average Bonchev–Trinajstić information content (AvgIpc) is 2.47. The molecule has 1 unspecified atom stereocenters. The molecule has 8 nitrogen and oxygen atoms in total. The van der Waals surface area contributed by atoms with E-state index >= 15 is 0 Å². The van der Waals surface area contributed by atoms with E-state index in [1.165, 1.54) is 0 Å². The molecule has 1 aliphatic heterocycles. The first-order chi connectivity index (χ1) is 9.86. The summed E-state index contributed by atoms with van der Waals surface area (Å²) in [6.45, 7) is 0.335. The van der Waals surface area contributed by atoms with Crippen molar-refractivity contribution in [2.45, 2.75) is 17.7 Å². The van der Waals surface area contributed by atoms with Crippen molar-refractivity contribution in [3.8, 4) is 5.75 Å². The predicted octanol–water partition coefficient (Wildman–Crippen LogP) is 0.900. The zero-order valence-electron chi connectivity index (χ0n) is 11.0. The van der Waals surface area contributed by atoms with E-state index in [9.17, 15) is 28.4 Å². The smallest absolute Gasteiger partial charge is 0.312 e. The summed E-state index contributed by atoms with van der Waals surface area (Å²) in [6, 6.07) is 2.92. The summed E-state index contributed by atoms with van der Waals surface area (Å²) >= 11 is 0. The van der Waals surface area contributed by atoms with Crippen molar-refractivity contribution in [1.82, 2.24) is 4.31 Å². The van der Waals surface area contributed by atoms with Gasteiger partial charge in [0.1, 0.15) is 6.29 Å². The number of hydrogen-bond acceptors (Lipinski definition) is 6. The van der Waals surface area contributed by atoms with Crippen molar-refractivity contribution in [2.24, 2.45) is 5.92 Å². The first kappa shape index (κ1) is 15.4. The van der Waals surface area contributed by atoms with Gasteiger partial charge in [-0.15, -0.1) is 0 Å². The van der Waals surface area contributed by atoms with Gasteiger partial charge in [0.25, 0.3) is 0 Å². The molecule has 1 saturated heterocycles. The lowest BCUT2D eigenvalue weighted by Gasteiger charge is -2.29. The number of hydrogen-bond donors (Lipinski definition) is 1. The van der Waals surface area contributed by atoms with Crippen molar-refractivity contribution in [3.63, 3.8) is 0 Å². The van der Waals surface area contributed by atoms with Gasteiger partial charge in [-0.3, -0.25) is 10.1 Å². The predicted molar refractivity (Wildman–Crippen MR) is 72.3 cm³/mol. The molecule has 0 radical (unpaired) electrons. The lowest BCUT2D eigenvalue weighted by Crippen LogP contribution is -2.40. The van der Waals surface area contributed by atoms with Crippen LogP contribution in [0.4, 0.5) is 5.69 Å². The number of rotatable bonds is 4. The number of benzene rings is 1. The lowest BCUT2D eigenvalue weighted by atomic mass is 10.0. The van der Waals surface area contributed by atoms with Gasteiger partial charge >= 0.3 is 5.69 Å². The number of piperidine rings is 1. The molecule has 0 spiro atoms. The number of phenolic OH excluding ortho intramolecular Hbond substituents is 1. The van der Waals surface area contributed by atoms with Gasteiger partial charge in [0.2, 0.25) is 10.0 Å². The number of carbonyl (C=O) groups excluding carboxylic acids is 1. The van der Waals surface area contributed by atoms with Gasteiger partial charge in [0, 0.05) is 25.1 Å². The summed E-state index contributed by atoms with van der Waals surface area (Å²) in [5.74, 6) is -0.955. The van der Waals surface area contributed by atoms with Gasteiger partial charge in [-0.1, -0.05) is 0 Å². The fraction of sp³-hybridized carbons (Fsp3) is 0.417. The van der Waals surface area contributed by atoms with Gasteiger partial charge in [0.05, 0.1) is 9.82 Å². The molecule has 21 heavy (non-hydrogen) atoms. The molecule has 0 amide bonds. The molecule has 0 aliphatic carbocycles. The average molecular weight is 314 g/mol. The Kier molecular flexibility index (Phi) is 4.24. The van der Waals surface area contributed by atoms with E-state index in [2.05, 4.69) is 0 Å². The van der Waals surface area contributed by atoms with Crippen molar-refractivity contribution < 1.29 is 23.2 Å². The molecule has 1 fully saturated rings. The minimum atomic E-state index is -3.92. The van der Waals surface area contributed by atoms with Crippen LogP contribution in [-0.4, -0.2) is 42.1 Å². The van der Waals surface area contributed by atoms with Crippen molar-refractivity contribution in [1.29, 1.82) is 0 Å². The van der Waals surface area contributed by atoms with Crippen LogP contribution in [0.5, 0.6) is 5.75 Å². The van der Waals surface area contributed by atoms with Gasteiger partial charge in [-0.05, 0) is 25.0 Å². The van der Waals surface area contributed by atoms with Crippen molar-refractivity contribution >= 4 is 22.0 Å². The molecule has 2 rings (SSSR count). The molecule has 0 aromatic heterocycles. The van der Waals surface area contributed by atoms with E-state index in [1.807, 2.05) is 0 Å². The third kappa shape index (κ3) is 3.03. The van der Waals surface area contributed by atoms with Crippen LogP contribution in [-0.2, 0) is 14.8 Å². The minimum absolute atomic E-state index is 0.0699. The minimum Gasteiger partial charge on any atom is -0.502 e. The van der Waals surface area contributed by atoms with Crippen LogP contribution in [0.25, 0.3) is 0 Å². The molecule has 114 valence electrons. The molecule has 1 heterocycles. The zero-order chi connectivity index (χ0) is 15.6. The highest BCUT2D eigenvalue weighted by molar-refractivity contribution is 7.89. The molecule has 1 aromatic rings. The Morgan fingerprint density at radius 1 is 1.43 bits per heavy atom. The number of nitro groups is 1. The summed E-state index contributed by atoms with van der Waals surface area (Å²) in [5.41, 5.74) is -0.667. The maximum Gasteiger partial charge on any atom is 0.312 e. The number of aldehydes is 1.